The third-order valence-electron chi connectivity index (χ3n) is 3.01. The molecule has 6 nitrogen and oxygen atoms in total. The van der Waals surface area contributed by atoms with Crippen molar-refractivity contribution in [3.05, 3.63) is 35.7 Å². The van der Waals surface area contributed by atoms with Gasteiger partial charge in [-0.15, -0.1) is 0 Å². The Kier molecular flexibility index (Phi) is 3.12. The van der Waals surface area contributed by atoms with Crippen molar-refractivity contribution in [3.63, 3.8) is 0 Å². The fourth-order valence-corrected chi connectivity index (χ4v) is 2.15. The van der Waals surface area contributed by atoms with Crippen LogP contribution in [0.3, 0.4) is 0 Å². The van der Waals surface area contributed by atoms with Crippen molar-refractivity contribution in [1.29, 1.82) is 0 Å². The minimum absolute atomic E-state index is 0.0641. The summed E-state index contributed by atoms with van der Waals surface area (Å²) in [5, 5.41) is 7.31. The van der Waals surface area contributed by atoms with Gasteiger partial charge in [-0.1, -0.05) is 5.16 Å². The second-order valence-electron chi connectivity index (χ2n) is 4.44. The molecule has 0 saturated carbocycles. The first-order valence-corrected chi connectivity index (χ1v) is 6.07. The summed E-state index contributed by atoms with van der Waals surface area (Å²) in [6.07, 6.45) is 3.72. The van der Waals surface area contributed by atoms with Crippen LogP contribution in [-0.2, 0) is 11.3 Å². The number of hydrogen-bond donors (Lipinski definition) is 1. The van der Waals surface area contributed by atoms with Gasteiger partial charge in [0.2, 0.25) is 0 Å². The van der Waals surface area contributed by atoms with Gasteiger partial charge in [-0.25, -0.2) is 4.98 Å². The van der Waals surface area contributed by atoms with Crippen LogP contribution in [0.5, 0.6) is 0 Å². The van der Waals surface area contributed by atoms with Gasteiger partial charge in [-0.3, -0.25) is 0 Å². The van der Waals surface area contributed by atoms with Crippen LogP contribution in [0.1, 0.15) is 23.3 Å². The molecule has 0 spiro atoms. The number of nitrogens with zero attached hydrogens (tertiary/aromatic N) is 3. The fourth-order valence-electron chi connectivity index (χ4n) is 2.15. The van der Waals surface area contributed by atoms with Gasteiger partial charge in [-0.05, 0) is 6.92 Å². The van der Waals surface area contributed by atoms with Crippen LogP contribution in [0.25, 0.3) is 0 Å². The van der Waals surface area contributed by atoms with Crippen LogP contribution in [0.15, 0.2) is 23.1 Å². The fraction of sp³-hybridized carbons (Fsp3) is 0.500. The Labute approximate surface area is 105 Å². The molecule has 2 aromatic rings. The SMILES string of the molecule is Cc1cc(Cn2cncc2C2CNCCO2)no1. The highest BCUT2D eigenvalue weighted by molar-refractivity contribution is 5.10. The van der Waals surface area contributed by atoms with E-state index in [0.717, 1.165) is 36.8 Å². The maximum Gasteiger partial charge on any atom is 0.133 e. The number of aromatic nitrogens is 3. The van der Waals surface area contributed by atoms with Crippen molar-refractivity contribution in [3.8, 4) is 0 Å². The van der Waals surface area contributed by atoms with Crippen molar-refractivity contribution in [1.82, 2.24) is 20.0 Å². The summed E-state index contributed by atoms with van der Waals surface area (Å²) < 4.78 is 12.9. The maximum atomic E-state index is 5.74. The van der Waals surface area contributed by atoms with Gasteiger partial charge in [0.1, 0.15) is 17.6 Å². The second kappa shape index (κ2) is 4.91. The lowest BCUT2D eigenvalue weighted by molar-refractivity contribution is 0.0230. The van der Waals surface area contributed by atoms with E-state index in [0.29, 0.717) is 6.54 Å². The topological polar surface area (TPSA) is 65.1 Å². The highest BCUT2D eigenvalue weighted by Crippen LogP contribution is 2.19. The zero-order valence-electron chi connectivity index (χ0n) is 10.3. The number of hydrogen-bond acceptors (Lipinski definition) is 5. The highest BCUT2D eigenvalue weighted by Gasteiger charge is 2.19. The van der Waals surface area contributed by atoms with Gasteiger partial charge in [-0.2, -0.15) is 0 Å². The van der Waals surface area contributed by atoms with E-state index in [1.807, 2.05) is 19.2 Å². The van der Waals surface area contributed by atoms with Crippen LogP contribution >= 0.6 is 0 Å². The van der Waals surface area contributed by atoms with Gasteiger partial charge in [0, 0.05) is 19.2 Å². The molecular formula is C12H16N4O2. The van der Waals surface area contributed by atoms with E-state index in [9.17, 15) is 0 Å². The smallest absolute Gasteiger partial charge is 0.133 e. The standard InChI is InChI=1S/C12H16N4O2/c1-9-4-10(15-18-9)7-16-8-14-5-11(16)12-6-13-2-3-17-12/h4-5,8,12-13H,2-3,6-7H2,1H3. The molecule has 1 saturated heterocycles. The molecule has 1 atom stereocenters. The van der Waals surface area contributed by atoms with E-state index in [2.05, 4.69) is 20.0 Å². The molecule has 1 aliphatic heterocycles. The first-order valence-electron chi connectivity index (χ1n) is 6.07. The van der Waals surface area contributed by atoms with Gasteiger partial charge in [0.05, 0.1) is 31.4 Å². The third kappa shape index (κ3) is 2.30. The lowest BCUT2D eigenvalue weighted by Crippen LogP contribution is -2.34. The lowest BCUT2D eigenvalue weighted by atomic mass is 10.2. The summed E-state index contributed by atoms with van der Waals surface area (Å²) in [7, 11) is 0. The Morgan fingerprint density at radius 3 is 3.22 bits per heavy atom. The largest absolute Gasteiger partial charge is 0.369 e. The molecule has 0 bridgehead atoms. The van der Waals surface area contributed by atoms with Gasteiger partial charge < -0.3 is 19.1 Å². The number of nitrogens with one attached hydrogen (secondary N) is 1. The molecule has 2 aromatic heterocycles. The zero-order valence-corrected chi connectivity index (χ0v) is 10.3. The first kappa shape index (κ1) is 11.4. The normalized spacial score (nSPS) is 20.2. The molecule has 1 fully saturated rings. The van der Waals surface area contributed by atoms with Crippen molar-refractivity contribution >= 4 is 0 Å². The highest BCUT2D eigenvalue weighted by atomic mass is 16.5. The van der Waals surface area contributed by atoms with E-state index >= 15 is 0 Å². The Hall–Kier alpha value is -1.66. The minimum atomic E-state index is 0.0641. The predicted molar refractivity (Wildman–Crippen MR) is 64.1 cm³/mol. The van der Waals surface area contributed by atoms with Crippen LogP contribution in [0, 0.1) is 6.92 Å². The van der Waals surface area contributed by atoms with Crippen molar-refractivity contribution < 1.29 is 9.26 Å². The molecular weight excluding hydrogens is 232 g/mol. The van der Waals surface area contributed by atoms with Gasteiger partial charge in [0.25, 0.3) is 0 Å². The zero-order chi connectivity index (χ0) is 12.4. The number of aryl methyl sites for hydroxylation is 1. The monoisotopic (exact) mass is 248 g/mol. The molecule has 3 heterocycles. The van der Waals surface area contributed by atoms with E-state index in [4.69, 9.17) is 9.26 Å². The van der Waals surface area contributed by atoms with Crippen molar-refractivity contribution in [2.24, 2.45) is 0 Å². The molecule has 1 N–H and O–H groups in total. The molecule has 18 heavy (non-hydrogen) atoms. The summed E-state index contributed by atoms with van der Waals surface area (Å²) in [4.78, 5) is 4.20. The molecule has 0 radical (unpaired) electrons. The summed E-state index contributed by atoms with van der Waals surface area (Å²) in [5.74, 6) is 0.822. The average molecular weight is 248 g/mol. The summed E-state index contributed by atoms with van der Waals surface area (Å²) in [6.45, 7) is 5.02. The van der Waals surface area contributed by atoms with Gasteiger partial charge >= 0.3 is 0 Å². The minimum Gasteiger partial charge on any atom is -0.369 e. The van der Waals surface area contributed by atoms with E-state index in [1.54, 1.807) is 6.33 Å². The lowest BCUT2D eigenvalue weighted by Gasteiger charge is -2.24. The van der Waals surface area contributed by atoms with E-state index in [1.165, 1.54) is 0 Å². The molecule has 0 aromatic carbocycles. The summed E-state index contributed by atoms with van der Waals surface area (Å²) in [6, 6.07) is 1.93. The predicted octanol–water partition coefficient (Wildman–Crippen LogP) is 0.889. The number of morpholine rings is 1. The first-order chi connectivity index (χ1) is 8.83. The Morgan fingerprint density at radius 2 is 2.50 bits per heavy atom. The van der Waals surface area contributed by atoms with Crippen molar-refractivity contribution in [2.45, 2.75) is 19.6 Å². The second-order valence-corrected chi connectivity index (χ2v) is 4.44. The molecule has 0 aliphatic carbocycles. The average Bonchev–Trinajstić information content (AvgIpc) is 3.00. The summed E-state index contributed by atoms with van der Waals surface area (Å²) >= 11 is 0. The van der Waals surface area contributed by atoms with Crippen LogP contribution in [0.2, 0.25) is 0 Å². The molecule has 6 heteroatoms. The Morgan fingerprint density at radius 1 is 1.56 bits per heavy atom. The van der Waals surface area contributed by atoms with Crippen LogP contribution < -0.4 is 5.32 Å². The maximum absolute atomic E-state index is 5.74. The van der Waals surface area contributed by atoms with Crippen LogP contribution in [0.4, 0.5) is 0 Å². The quantitative estimate of drug-likeness (QED) is 0.873. The number of rotatable bonds is 3. The number of imidazole rings is 1. The van der Waals surface area contributed by atoms with Crippen LogP contribution in [-0.4, -0.2) is 34.4 Å². The Bertz CT molecular complexity index is 514. The molecule has 1 unspecified atom stereocenters. The van der Waals surface area contributed by atoms with Crippen molar-refractivity contribution in [2.75, 3.05) is 19.7 Å². The Balaban J connectivity index is 1.78. The third-order valence-corrected chi connectivity index (χ3v) is 3.01. The molecule has 96 valence electrons. The van der Waals surface area contributed by atoms with E-state index in [-0.39, 0.29) is 6.10 Å². The molecule has 3 rings (SSSR count). The molecule has 0 amide bonds. The molecule has 1 aliphatic rings. The van der Waals surface area contributed by atoms with E-state index < -0.39 is 0 Å². The summed E-state index contributed by atoms with van der Waals surface area (Å²) in [5.41, 5.74) is 1.97. The van der Waals surface area contributed by atoms with Gasteiger partial charge in [0.15, 0.2) is 0 Å². The number of ether oxygens (including phenoxy) is 1.